The summed E-state index contributed by atoms with van der Waals surface area (Å²) < 4.78 is 0. The Bertz CT molecular complexity index is 1230. The fourth-order valence-electron chi connectivity index (χ4n) is 4.14. The van der Waals surface area contributed by atoms with E-state index in [1.807, 2.05) is 24.3 Å². The van der Waals surface area contributed by atoms with E-state index in [2.05, 4.69) is 41.2 Å². The van der Waals surface area contributed by atoms with Crippen molar-refractivity contribution < 1.29 is 14.7 Å². The summed E-state index contributed by atoms with van der Waals surface area (Å²) in [6, 6.07) is 16.6. The number of likely N-dealkylation sites (N-methyl/N-ethyl adjacent to an activating group) is 1. The minimum Gasteiger partial charge on any atom is -0.478 e. The highest BCUT2D eigenvalue weighted by molar-refractivity contribution is 6.38. The lowest BCUT2D eigenvalue weighted by atomic mass is 9.99. The molecule has 0 atom stereocenters. The third-order valence-electron chi connectivity index (χ3n) is 6.14. The Labute approximate surface area is 199 Å². The fraction of sp³-hybridized carbons (Fsp3) is 0.222. The molecule has 34 heavy (non-hydrogen) atoms. The number of carbonyl (C=O) groups is 2. The maximum Gasteiger partial charge on any atom is 0.335 e. The highest BCUT2D eigenvalue weighted by Gasteiger charge is 2.33. The van der Waals surface area contributed by atoms with Gasteiger partial charge < -0.3 is 15.3 Å². The number of hydrogen-bond acceptors (Lipinski definition) is 5. The number of nitrogens with one attached hydrogen (secondary N) is 1. The van der Waals surface area contributed by atoms with Gasteiger partial charge in [0.1, 0.15) is 0 Å². The third kappa shape index (κ3) is 4.56. The number of carboxylic acid groups (broad SMARTS) is 1. The van der Waals surface area contributed by atoms with Gasteiger partial charge in [-0.2, -0.15) is 0 Å². The summed E-state index contributed by atoms with van der Waals surface area (Å²) >= 11 is 0. The van der Waals surface area contributed by atoms with Crippen LogP contribution in [0.1, 0.15) is 40.9 Å². The molecule has 0 spiro atoms. The molecule has 1 aromatic heterocycles. The topological polar surface area (TPSA) is 85.8 Å². The summed E-state index contributed by atoms with van der Waals surface area (Å²) in [5.41, 5.74) is 5.26. The Morgan fingerprint density at radius 3 is 2.29 bits per heavy atom. The second kappa shape index (κ2) is 9.89. The number of rotatable bonds is 8. The molecule has 4 rings (SSSR count). The van der Waals surface area contributed by atoms with Gasteiger partial charge in [0.25, 0.3) is 5.91 Å². The first-order chi connectivity index (χ1) is 16.4. The lowest BCUT2D eigenvalue weighted by molar-refractivity contribution is -0.112. The Morgan fingerprint density at radius 2 is 1.68 bits per heavy atom. The highest BCUT2D eigenvalue weighted by Crippen LogP contribution is 2.40. The van der Waals surface area contributed by atoms with Crippen LogP contribution in [-0.4, -0.2) is 47.0 Å². The van der Waals surface area contributed by atoms with E-state index in [-0.39, 0.29) is 11.5 Å². The van der Waals surface area contributed by atoms with Gasteiger partial charge in [-0.25, -0.2) is 4.79 Å². The van der Waals surface area contributed by atoms with E-state index < -0.39 is 5.97 Å². The summed E-state index contributed by atoms with van der Waals surface area (Å²) in [6.07, 6.45) is 3.34. The molecule has 2 aromatic carbocycles. The number of fused-ring (bicyclic) bond motifs is 1. The number of aromatic nitrogens is 1. The van der Waals surface area contributed by atoms with Crippen LogP contribution in [0, 0.1) is 0 Å². The standard InChI is InChI=1S/C27H28N4O3/c1-4-31(5-2)17-18-6-9-21(10-7-18)29-25(19-12-14-28-15-13-19)24-22-16-20(27(33)34)8-11-23(22)30(3)26(24)32/h6-16,29H,4-5,17H2,1-3H3,(H,33,34). The summed E-state index contributed by atoms with van der Waals surface area (Å²) in [4.78, 5) is 33.0. The number of carboxylic acids is 1. The molecule has 3 aromatic rings. The smallest absolute Gasteiger partial charge is 0.335 e. The first-order valence-electron chi connectivity index (χ1n) is 11.3. The molecule has 7 heteroatoms. The zero-order valence-electron chi connectivity index (χ0n) is 19.6. The van der Waals surface area contributed by atoms with Gasteiger partial charge in [0.2, 0.25) is 0 Å². The number of aromatic carboxylic acids is 1. The quantitative estimate of drug-likeness (QED) is 0.483. The predicted octanol–water partition coefficient (Wildman–Crippen LogP) is 4.58. The van der Waals surface area contributed by atoms with Gasteiger partial charge in [-0.3, -0.25) is 14.7 Å². The van der Waals surface area contributed by atoms with Gasteiger partial charge in [-0.15, -0.1) is 0 Å². The van der Waals surface area contributed by atoms with Crippen molar-refractivity contribution in [3.63, 3.8) is 0 Å². The first kappa shape index (κ1) is 23.2. The van der Waals surface area contributed by atoms with Crippen LogP contribution in [0.2, 0.25) is 0 Å². The summed E-state index contributed by atoms with van der Waals surface area (Å²) in [6.45, 7) is 7.15. The largest absolute Gasteiger partial charge is 0.478 e. The normalized spacial score (nSPS) is 14.4. The average molecular weight is 457 g/mol. The molecular weight excluding hydrogens is 428 g/mol. The van der Waals surface area contributed by atoms with Crippen LogP contribution in [0.15, 0.2) is 67.0 Å². The van der Waals surface area contributed by atoms with E-state index in [9.17, 15) is 14.7 Å². The van der Waals surface area contributed by atoms with Crippen LogP contribution in [0.3, 0.4) is 0 Å². The molecule has 0 unspecified atom stereocenters. The van der Waals surface area contributed by atoms with E-state index in [1.54, 1.807) is 36.5 Å². The van der Waals surface area contributed by atoms with Crippen molar-refractivity contribution in [1.82, 2.24) is 9.88 Å². The minimum absolute atomic E-state index is 0.134. The second-order valence-corrected chi connectivity index (χ2v) is 8.17. The molecule has 7 nitrogen and oxygen atoms in total. The molecule has 1 aliphatic rings. The number of amides is 1. The molecule has 0 bridgehead atoms. The van der Waals surface area contributed by atoms with E-state index in [0.717, 1.165) is 30.9 Å². The van der Waals surface area contributed by atoms with Gasteiger partial charge in [-0.05, 0) is 61.1 Å². The van der Waals surface area contributed by atoms with Gasteiger partial charge in [0.15, 0.2) is 0 Å². The molecule has 1 amide bonds. The van der Waals surface area contributed by atoms with Crippen LogP contribution in [0.25, 0.3) is 11.3 Å². The maximum absolute atomic E-state index is 13.3. The Kier molecular flexibility index (Phi) is 6.75. The molecule has 174 valence electrons. The van der Waals surface area contributed by atoms with E-state index in [0.29, 0.717) is 22.5 Å². The minimum atomic E-state index is -1.04. The van der Waals surface area contributed by atoms with E-state index >= 15 is 0 Å². The van der Waals surface area contributed by atoms with Crippen LogP contribution in [0.5, 0.6) is 0 Å². The molecule has 0 radical (unpaired) electrons. The molecule has 0 saturated carbocycles. The molecular formula is C27H28N4O3. The molecule has 2 N–H and O–H groups in total. The third-order valence-corrected chi connectivity index (χ3v) is 6.14. The fourth-order valence-corrected chi connectivity index (χ4v) is 4.14. The van der Waals surface area contributed by atoms with Gasteiger partial charge >= 0.3 is 5.97 Å². The van der Waals surface area contributed by atoms with Crippen molar-refractivity contribution in [1.29, 1.82) is 0 Å². The van der Waals surface area contributed by atoms with Crippen LogP contribution >= 0.6 is 0 Å². The van der Waals surface area contributed by atoms with E-state index in [4.69, 9.17) is 0 Å². The van der Waals surface area contributed by atoms with Gasteiger partial charge in [-0.1, -0.05) is 26.0 Å². The Hall–Kier alpha value is -3.97. The van der Waals surface area contributed by atoms with Crippen LogP contribution < -0.4 is 10.2 Å². The summed E-state index contributed by atoms with van der Waals surface area (Å²) in [5.74, 6) is -1.23. The summed E-state index contributed by atoms with van der Waals surface area (Å²) in [7, 11) is 1.70. The van der Waals surface area contributed by atoms with Crippen molar-refractivity contribution >= 4 is 34.5 Å². The van der Waals surface area contributed by atoms with Crippen molar-refractivity contribution in [3.05, 3.63) is 89.2 Å². The molecule has 1 aliphatic heterocycles. The predicted molar refractivity (Wildman–Crippen MR) is 135 cm³/mol. The number of hydrogen-bond donors (Lipinski definition) is 2. The maximum atomic E-state index is 13.3. The SMILES string of the molecule is CCN(CC)Cc1ccc(NC(=C2C(=O)N(C)c3ccc(C(=O)O)cc32)c2ccncc2)cc1. The van der Waals surface area contributed by atoms with Gasteiger partial charge in [0.05, 0.1) is 22.5 Å². The van der Waals surface area contributed by atoms with Crippen molar-refractivity contribution in [3.8, 4) is 0 Å². The van der Waals surface area contributed by atoms with Crippen LogP contribution in [-0.2, 0) is 11.3 Å². The monoisotopic (exact) mass is 456 g/mol. The molecule has 0 saturated heterocycles. The molecule has 2 heterocycles. The number of pyridine rings is 1. The van der Waals surface area contributed by atoms with Crippen molar-refractivity contribution in [2.75, 3.05) is 30.4 Å². The Morgan fingerprint density at radius 1 is 1.00 bits per heavy atom. The summed E-state index contributed by atoms with van der Waals surface area (Å²) in [5, 5.41) is 12.9. The number of carbonyl (C=O) groups excluding carboxylic acids is 1. The average Bonchev–Trinajstić information content (AvgIpc) is 3.11. The first-order valence-corrected chi connectivity index (χ1v) is 11.3. The second-order valence-electron chi connectivity index (χ2n) is 8.17. The Balaban J connectivity index is 1.79. The van der Waals surface area contributed by atoms with E-state index in [1.165, 1.54) is 11.6 Å². The zero-order chi connectivity index (χ0) is 24.2. The lowest BCUT2D eigenvalue weighted by Crippen LogP contribution is -2.22. The molecule has 0 fully saturated rings. The lowest BCUT2D eigenvalue weighted by Gasteiger charge is -2.19. The molecule has 0 aliphatic carbocycles. The number of anilines is 2. The zero-order valence-corrected chi connectivity index (χ0v) is 19.6. The van der Waals surface area contributed by atoms with Crippen LogP contribution in [0.4, 0.5) is 11.4 Å². The van der Waals surface area contributed by atoms with Crippen molar-refractivity contribution in [2.24, 2.45) is 0 Å². The number of nitrogens with zero attached hydrogens (tertiary/aromatic N) is 3. The highest BCUT2D eigenvalue weighted by atomic mass is 16.4. The number of benzene rings is 2. The van der Waals surface area contributed by atoms with Crippen molar-refractivity contribution in [2.45, 2.75) is 20.4 Å². The van der Waals surface area contributed by atoms with Gasteiger partial charge in [0, 0.05) is 42.8 Å².